The lowest BCUT2D eigenvalue weighted by Gasteiger charge is -2.12. The first-order valence-corrected chi connectivity index (χ1v) is 10.2. The molecule has 1 unspecified atom stereocenters. The van der Waals surface area contributed by atoms with Crippen molar-refractivity contribution in [1.29, 1.82) is 0 Å². The molecule has 1 N–H and O–H groups in total. The first kappa shape index (κ1) is 19.1. The summed E-state index contributed by atoms with van der Waals surface area (Å²) in [5.74, 6) is 0.228. The quantitative estimate of drug-likeness (QED) is 0.486. The highest BCUT2D eigenvalue weighted by Crippen LogP contribution is 2.34. The summed E-state index contributed by atoms with van der Waals surface area (Å²) in [6.07, 6.45) is 3.71. The van der Waals surface area contributed by atoms with E-state index in [-0.39, 0.29) is 11.2 Å². The molecule has 0 bridgehead atoms. The van der Waals surface area contributed by atoms with E-state index in [0.29, 0.717) is 11.5 Å². The molecular weight excluding hydrogens is 382 g/mol. The van der Waals surface area contributed by atoms with Gasteiger partial charge in [0.25, 0.3) is 5.91 Å². The van der Waals surface area contributed by atoms with Crippen molar-refractivity contribution in [2.24, 2.45) is 7.05 Å². The van der Waals surface area contributed by atoms with Crippen molar-refractivity contribution in [3.8, 4) is 0 Å². The van der Waals surface area contributed by atoms with Gasteiger partial charge in [-0.05, 0) is 43.7 Å². The highest BCUT2D eigenvalue weighted by atomic mass is 32.2. The fourth-order valence-corrected chi connectivity index (χ4v) is 4.09. The summed E-state index contributed by atoms with van der Waals surface area (Å²) >= 11 is 1.67. The number of fused-ring (bicyclic) bond motifs is 1. The van der Waals surface area contributed by atoms with E-state index in [4.69, 9.17) is 0 Å². The summed E-state index contributed by atoms with van der Waals surface area (Å²) in [7, 11) is 1.99. The van der Waals surface area contributed by atoms with E-state index in [0.717, 1.165) is 27.3 Å². The van der Waals surface area contributed by atoms with E-state index in [1.54, 1.807) is 24.0 Å². The number of hydrogen-bond donors (Lipinski definition) is 1. The first-order chi connectivity index (χ1) is 14.0. The minimum Gasteiger partial charge on any atom is -0.329 e. The zero-order chi connectivity index (χ0) is 20.4. The van der Waals surface area contributed by atoms with Crippen LogP contribution >= 0.6 is 11.8 Å². The molecule has 4 aromatic rings. The number of nitrogens with zero attached hydrogens (tertiary/aromatic N) is 4. The van der Waals surface area contributed by atoms with Crippen LogP contribution < -0.4 is 5.32 Å². The largest absolute Gasteiger partial charge is 0.329 e. The lowest BCUT2D eigenvalue weighted by molar-refractivity contribution is 0.102. The van der Waals surface area contributed by atoms with Crippen molar-refractivity contribution in [2.75, 3.05) is 5.32 Å². The van der Waals surface area contributed by atoms with Crippen molar-refractivity contribution in [3.63, 3.8) is 0 Å². The Morgan fingerprint density at radius 3 is 2.76 bits per heavy atom. The molecule has 0 saturated heterocycles. The topological polar surface area (TPSA) is 72.7 Å². The maximum absolute atomic E-state index is 12.6. The minimum absolute atomic E-state index is 0.160. The van der Waals surface area contributed by atoms with E-state index in [2.05, 4.69) is 27.2 Å². The number of carbonyl (C=O) groups excluding carboxylic acids is 1. The number of nitrogens with one attached hydrogen (secondary N) is 1. The van der Waals surface area contributed by atoms with E-state index in [1.165, 1.54) is 0 Å². The molecule has 0 aliphatic rings. The van der Waals surface area contributed by atoms with Crippen molar-refractivity contribution >= 4 is 34.4 Å². The second-order valence-corrected chi connectivity index (χ2v) is 8.16. The van der Waals surface area contributed by atoms with E-state index in [9.17, 15) is 4.79 Å². The Hall–Kier alpha value is -3.19. The zero-order valence-electron chi connectivity index (χ0n) is 16.5. The molecule has 0 spiro atoms. The molecule has 1 aromatic carbocycles. The first-order valence-electron chi connectivity index (χ1n) is 9.29. The standard InChI is InChI=1S/C22H21N5OS/c1-14-13-27(3)22(24-14)29-15(2)17-10-11-23-20(12-17)26-21(28)19-9-8-16-6-4-5-7-18(16)25-19/h4-13,15H,1-3H3,(H,23,26,28). The summed E-state index contributed by atoms with van der Waals surface area (Å²) in [5.41, 5.74) is 3.21. The van der Waals surface area contributed by atoms with Crippen LogP contribution in [-0.4, -0.2) is 25.4 Å². The number of thioether (sulfide) groups is 1. The Morgan fingerprint density at radius 1 is 1.14 bits per heavy atom. The molecule has 7 heteroatoms. The fraction of sp³-hybridized carbons (Fsp3) is 0.182. The Bertz CT molecular complexity index is 1190. The van der Waals surface area contributed by atoms with E-state index in [1.807, 2.05) is 67.2 Å². The van der Waals surface area contributed by atoms with Gasteiger partial charge in [-0.15, -0.1) is 0 Å². The number of aromatic nitrogens is 4. The Labute approximate surface area is 173 Å². The van der Waals surface area contributed by atoms with Crippen LogP contribution in [-0.2, 0) is 7.05 Å². The Morgan fingerprint density at radius 2 is 1.97 bits per heavy atom. The third-order valence-corrected chi connectivity index (χ3v) is 5.78. The average Bonchev–Trinajstić information content (AvgIpc) is 3.04. The van der Waals surface area contributed by atoms with Gasteiger partial charge in [-0.25, -0.2) is 15.0 Å². The van der Waals surface area contributed by atoms with Crippen LogP contribution in [0, 0.1) is 6.92 Å². The number of benzene rings is 1. The molecule has 1 atom stereocenters. The summed E-state index contributed by atoms with van der Waals surface area (Å²) in [6.45, 7) is 4.09. The van der Waals surface area contributed by atoms with Gasteiger partial charge in [-0.2, -0.15) is 0 Å². The average molecular weight is 404 g/mol. The Balaban J connectivity index is 1.50. The predicted octanol–water partition coefficient (Wildman–Crippen LogP) is 4.78. The summed E-state index contributed by atoms with van der Waals surface area (Å²) < 4.78 is 2.02. The summed E-state index contributed by atoms with van der Waals surface area (Å²) in [4.78, 5) is 25.9. The molecule has 6 nitrogen and oxygen atoms in total. The molecule has 146 valence electrons. The summed E-state index contributed by atoms with van der Waals surface area (Å²) in [6, 6.07) is 15.2. The van der Waals surface area contributed by atoms with E-state index < -0.39 is 0 Å². The van der Waals surface area contributed by atoms with Gasteiger partial charge in [0.05, 0.1) is 11.2 Å². The maximum atomic E-state index is 12.6. The van der Waals surface area contributed by atoms with Crippen LogP contribution in [0.25, 0.3) is 10.9 Å². The molecule has 0 aliphatic heterocycles. The molecule has 0 aliphatic carbocycles. The molecule has 0 saturated carbocycles. The van der Waals surface area contributed by atoms with Gasteiger partial charge in [0.1, 0.15) is 11.5 Å². The molecular formula is C22H21N5OS. The van der Waals surface area contributed by atoms with Gasteiger partial charge in [-0.3, -0.25) is 4.79 Å². The molecule has 3 aromatic heterocycles. The number of rotatable bonds is 5. The second kappa shape index (κ2) is 8.05. The molecule has 0 radical (unpaired) electrons. The minimum atomic E-state index is -0.277. The zero-order valence-corrected chi connectivity index (χ0v) is 17.3. The van der Waals surface area contributed by atoms with Crippen LogP contribution in [0.15, 0.2) is 66.1 Å². The normalized spacial score (nSPS) is 12.1. The van der Waals surface area contributed by atoms with Crippen molar-refractivity contribution in [3.05, 3.63) is 77.9 Å². The molecule has 0 fully saturated rings. The van der Waals surface area contributed by atoms with Gasteiger partial charge >= 0.3 is 0 Å². The predicted molar refractivity (Wildman–Crippen MR) is 116 cm³/mol. The third kappa shape index (κ3) is 4.30. The van der Waals surface area contributed by atoms with E-state index >= 15 is 0 Å². The van der Waals surface area contributed by atoms with Crippen LogP contribution in [0.3, 0.4) is 0 Å². The Kier molecular flexibility index (Phi) is 5.31. The van der Waals surface area contributed by atoms with Gasteiger partial charge in [-0.1, -0.05) is 36.0 Å². The number of amides is 1. The number of anilines is 1. The highest BCUT2D eigenvalue weighted by Gasteiger charge is 2.14. The number of carbonyl (C=O) groups is 1. The van der Waals surface area contributed by atoms with Gasteiger partial charge in [0, 0.05) is 30.1 Å². The second-order valence-electron chi connectivity index (χ2n) is 6.85. The van der Waals surface area contributed by atoms with Gasteiger partial charge < -0.3 is 9.88 Å². The lowest BCUT2D eigenvalue weighted by atomic mass is 10.2. The number of pyridine rings is 2. The summed E-state index contributed by atoms with van der Waals surface area (Å²) in [5, 5.41) is 4.97. The van der Waals surface area contributed by atoms with Crippen molar-refractivity contribution < 1.29 is 4.79 Å². The van der Waals surface area contributed by atoms with Crippen LogP contribution in [0.1, 0.15) is 33.9 Å². The number of para-hydroxylation sites is 1. The van der Waals surface area contributed by atoms with Crippen molar-refractivity contribution in [2.45, 2.75) is 24.3 Å². The lowest BCUT2D eigenvalue weighted by Crippen LogP contribution is -2.14. The number of hydrogen-bond acceptors (Lipinski definition) is 5. The molecule has 4 rings (SSSR count). The van der Waals surface area contributed by atoms with Gasteiger partial charge in [0.2, 0.25) is 0 Å². The highest BCUT2D eigenvalue weighted by molar-refractivity contribution is 7.99. The van der Waals surface area contributed by atoms with Crippen LogP contribution in [0.2, 0.25) is 0 Å². The smallest absolute Gasteiger partial charge is 0.275 e. The van der Waals surface area contributed by atoms with Crippen LogP contribution in [0.5, 0.6) is 0 Å². The SMILES string of the molecule is Cc1cn(C)c(SC(C)c2ccnc(NC(=O)c3ccc4ccccc4n3)c2)n1. The van der Waals surface area contributed by atoms with Gasteiger partial charge in [0.15, 0.2) is 5.16 Å². The molecule has 3 heterocycles. The number of imidazole rings is 1. The molecule has 29 heavy (non-hydrogen) atoms. The fourth-order valence-electron chi connectivity index (χ4n) is 3.07. The maximum Gasteiger partial charge on any atom is 0.275 e. The monoisotopic (exact) mass is 403 g/mol. The third-order valence-electron chi connectivity index (χ3n) is 4.56. The molecule has 1 amide bonds. The number of aryl methyl sites for hydroxylation is 2. The van der Waals surface area contributed by atoms with Crippen LogP contribution in [0.4, 0.5) is 5.82 Å². The van der Waals surface area contributed by atoms with Crippen molar-refractivity contribution in [1.82, 2.24) is 19.5 Å².